The Morgan fingerprint density at radius 1 is 1.17 bits per heavy atom. The summed E-state index contributed by atoms with van der Waals surface area (Å²) in [5.41, 5.74) is 0.617. The van der Waals surface area contributed by atoms with Crippen LogP contribution in [0.25, 0.3) is 0 Å². The number of nitrogens with zero attached hydrogens (tertiary/aromatic N) is 2. The molecule has 5 nitrogen and oxygen atoms in total. The summed E-state index contributed by atoms with van der Waals surface area (Å²) >= 11 is 0. The van der Waals surface area contributed by atoms with Crippen LogP contribution in [0.5, 0.6) is 0 Å². The molecule has 0 radical (unpaired) electrons. The van der Waals surface area contributed by atoms with Crippen molar-refractivity contribution in [1.29, 1.82) is 0 Å². The van der Waals surface area contributed by atoms with Crippen molar-refractivity contribution in [3.63, 3.8) is 0 Å². The summed E-state index contributed by atoms with van der Waals surface area (Å²) in [6.45, 7) is 2.39. The van der Waals surface area contributed by atoms with Gasteiger partial charge in [-0.25, -0.2) is 8.78 Å². The lowest BCUT2D eigenvalue weighted by Gasteiger charge is -2.20. The number of amides is 2. The van der Waals surface area contributed by atoms with Gasteiger partial charge in [-0.15, -0.1) is 0 Å². The molecule has 1 heterocycles. The Balaban J connectivity index is 1.99. The van der Waals surface area contributed by atoms with Gasteiger partial charge in [0.1, 0.15) is 11.6 Å². The van der Waals surface area contributed by atoms with Crippen molar-refractivity contribution in [2.45, 2.75) is 13.3 Å². The highest BCUT2D eigenvalue weighted by Gasteiger charge is 2.21. The Kier molecular flexibility index (Phi) is 5.95. The Labute approximate surface area is 138 Å². The van der Waals surface area contributed by atoms with Gasteiger partial charge in [0.2, 0.25) is 0 Å². The molecule has 0 aliphatic carbocycles. The van der Waals surface area contributed by atoms with Crippen LogP contribution < -0.4 is 5.32 Å². The van der Waals surface area contributed by atoms with Crippen LogP contribution >= 0.6 is 0 Å². The van der Waals surface area contributed by atoms with Gasteiger partial charge in [-0.05, 0) is 43.2 Å². The lowest BCUT2D eigenvalue weighted by atomic mass is 10.2. The summed E-state index contributed by atoms with van der Waals surface area (Å²) in [5, 5.41) is 2.11. The summed E-state index contributed by atoms with van der Waals surface area (Å²) in [5.74, 6) is -3.31. The first-order chi connectivity index (χ1) is 11.5. The number of hydrogen-bond acceptors (Lipinski definition) is 3. The Bertz CT molecular complexity index is 723. The van der Waals surface area contributed by atoms with Crippen LogP contribution in [0.3, 0.4) is 0 Å². The number of carbonyl (C=O) groups is 2. The van der Waals surface area contributed by atoms with E-state index in [1.54, 1.807) is 19.3 Å². The van der Waals surface area contributed by atoms with Crippen molar-refractivity contribution < 1.29 is 18.4 Å². The third kappa shape index (κ3) is 4.58. The second kappa shape index (κ2) is 8.14. The van der Waals surface area contributed by atoms with Gasteiger partial charge >= 0.3 is 11.8 Å². The molecule has 1 aromatic heterocycles. The fourth-order valence-electron chi connectivity index (χ4n) is 2.13. The van der Waals surface area contributed by atoms with Crippen LogP contribution in [-0.2, 0) is 16.0 Å². The van der Waals surface area contributed by atoms with E-state index in [0.29, 0.717) is 19.5 Å². The molecule has 2 aromatic rings. The van der Waals surface area contributed by atoms with Gasteiger partial charge in [0.15, 0.2) is 0 Å². The molecule has 0 atom stereocenters. The third-order valence-corrected chi connectivity index (χ3v) is 3.46. The number of nitrogens with one attached hydrogen (secondary N) is 1. The standard InChI is InChI=1S/C17H17F2N3O2/c1-2-22(10-7-12-5-8-20-9-6-12)17(24)16(23)21-15-11-13(18)3-4-14(15)19/h3-6,8-9,11H,2,7,10H2,1H3,(H,21,23). The minimum Gasteiger partial charge on any atom is -0.334 e. The van der Waals surface area contributed by atoms with E-state index >= 15 is 0 Å². The molecule has 0 saturated carbocycles. The Hall–Kier alpha value is -2.83. The number of likely N-dealkylation sites (N-methyl/N-ethyl adjacent to an activating group) is 1. The number of anilines is 1. The lowest BCUT2D eigenvalue weighted by molar-refractivity contribution is -0.143. The van der Waals surface area contributed by atoms with E-state index < -0.39 is 23.4 Å². The molecular formula is C17H17F2N3O2. The Morgan fingerprint density at radius 3 is 2.54 bits per heavy atom. The minimum absolute atomic E-state index is 0.322. The number of benzene rings is 1. The molecule has 0 aliphatic rings. The zero-order valence-corrected chi connectivity index (χ0v) is 13.1. The van der Waals surface area contributed by atoms with Crippen molar-refractivity contribution in [3.05, 3.63) is 59.9 Å². The smallest absolute Gasteiger partial charge is 0.313 e. The van der Waals surface area contributed by atoms with Gasteiger partial charge in [0, 0.05) is 31.5 Å². The van der Waals surface area contributed by atoms with Crippen LogP contribution in [0.1, 0.15) is 12.5 Å². The molecule has 0 spiro atoms. The van der Waals surface area contributed by atoms with Crippen LogP contribution in [0.2, 0.25) is 0 Å². The summed E-state index contributed by atoms with van der Waals surface area (Å²) < 4.78 is 26.6. The van der Waals surface area contributed by atoms with Gasteiger partial charge < -0.3 is 10.2 Å². The number of aromatic nitrogens is 1. The number of halogens is 2. The maximum atomic E-state index is 13.5. The highest BCUT2D eigenvalue weighted by molar-refractivity contribution is 6.39. The van der Waals surface area contributed by atoms with Crippen LogP contribution in [-0.4, -0.2) is 34.8 Å². The number of hydrogen-bond donors (Lipinski definition) is 1. The second-order valence-electron chi connectivity index (χ2n) is 5.07. The SMILES string of the molecule is CCN(CCc1ccncc1)C(=O)C(=O)Nc1cc(F)ccc1F. The molecular weight excluding hydrogens is 316 g/mol. The molecule has 2 rings (SSSR count). The molecule has 24 heavy (non-hydrogen) atoms. The first-order valence-corrected chi connectivity index (χ1v) is 7.45. The third-order valence-electron chi connectivity index (χ3n) is 3.46. The highest BCUT2D eigenvalue weighted by Crippen LogP contribution is 2.15. The fraction of sp³-hybridized carbons (Fsp3) is 0.235. The van der Waals surface area contributed by atoms with E-state index in [1.807, 2.05) is 12.1 Å². The minimum atomic E-state index is -1.00. The molecule has 1 N–H and O–H groups in total. The predicted octanol–water partition coefficient (Wildman–Crippen LogP) is 2.39. The van der Waals surface area contributed by atoms with Crippen molar-refractivity contribution in [1.82, 2.24) is 9.88 Å². The summed E-state index contributed by atoms with van der Waals surface area (Å²) in [7, 11) is 0. The number of carbonyl (C=O) groups excluding carboxylic acids is 2. The van der Waals surface area contributed by atoms with E-state index in [4.69, 9.17) is 0 Å². The van der Waals surface area contributed by atoms with Gasteiger partial charge in [0.05, 0.1) is 5.69 Å². The van der Waals surface area contributed by atoms with Crippen molar-refractivity contribution in [2.24, 2.45) is 0 Å². The predicted molar refractivity (Wildman–Crippen MR) is 85.2 cm³/mol. The van der Waals surface area contributed by atoms with Gasteiger partial charge in [-0.1, -0.05) is 0 Å². The van der Waals surface area contributed by atoms with Crippen LogP contribution in [0.15, 0.2) is 42.7 Å². The maximum Gasteiger partial charge on any atom is 0.313 e. The molecule has 0 fully saturated rings. The molecule has 0 unspecified atom stereocenters. The fourth-order valence-corrected chi connectivity index (χ4v) is 2.13. The average Bonchev–Trinajstić information content (AvgIpc) is 2.59. The normalized spacial score (nSPS) is 10.3. The molecule has 126 valence electrons. The van der Waals surface area contributed by atoms with Crippen molar-refractivity contribution >= 4 is 17.5 Å². The summed E-state index contributed by atoms with van der Waals surface area (Å²) in [6.07, 6.45) is 3.85. The first-order valence-electron chi connectivity index (χ1n) is 7.45. The van der Waals surface area contributed by atoms with Gasteiger partial charge in [-0.3, -0.25) is 14.6 Å². The van der Waals surface area contributed by atoms with Crippen LogP contribution in [0, 0.1) is 11.6 Å². The quantitative estimate of drug-likeness (QED) is 0.855. The van der Waals surface area contributed by atoms with E-state index in [0.717, 1.165) is 23.8 Å². The number of pyridine rings is 1. The van der Waals surface area contributed by atoms with E-state index in [2.05, 4.69) is 10.3 Å². The molecule has 0 aliphatic heterocycles. The van der Waals surface area contributed by atoms with Crippen LogP contribution in [0.4, 0.5) is 14.5 Å². The van der Waals surface area contributed by atoms with E-state index in [-0.39, 0.29) is 5.69 Å². The monoisotopic (exact) mass is 333 g/mol. The molecule has 1 aromatic carbocycles. The highest BCUT2D eigenvalue weighted by atomic mass is 19.1. The van der Waals surface area contributed by atoms with Gasteiger partial charge in [0.25, 0.3) is 0 Å². The topological polar surface area (TPSA) is 62.3 Å². The number of rotatable bonds is 5. The van der Waals surface area contributed by atoms with E-state index in [9.17, 15) is 18.4 Å². The Morgan fingerprint density at radius 2 is 1.88 bits per heavy atom. The maximum absolute atomic E-state index is 13.5. The molecule has 0 bridgehead atoms. The zero-order chi connectivity index (χ0) is 17.5. The summed E-state index contributed by atoms with van der Waals surface area (Å²) in [6, 6.07) is 6.28. The molecule has 2 amide bonds. The second-order valence-corrected chi connectivity index (χ2v) is 5.07. The van der Waals surface area contributed by atoms with Crippen molar-refractivity contribution in [2.75, 3.05) is 18.4 Å². The average molecular weight is 333 g/mol. The van der Waals surface area contributed by atoms with Crippen molar-refractivity contribution in [3.8, 4) is 0 Å². The molecule has 7 heteroatoms. The van der Waals surface area contributed by atoms with Gasteiger partial charge in [-0.2, -0.15) is 0 Å². The molecule has 0 saturated heterocycles. The summed E-state index contributed by atoms with van der Waals surface area (Å²) in [4.78, 5) is 29.4. The zero-order valence-electron chi connectivity index (χ0n) is 13.1. The van der Waals surface area contributed by atoms with E-state index in [1.165, 1.54) is 4.90 Å². The lowest BCUT2D eigenvalue weighted by Crippen LogP contribution is -2.40. The first kappa shape index (κ1) is 17.5. The largest absolute Gasteiger partial charge is 0.334 e.